The maximum Gasteiger partial charge on any atom is 0.181 e. The van der Waals surface area contributed by atoms with Gasteiger partial charge < -0.3 is 5.11 Å². The minimum Gasteiger partial charge on any atom is -0.389 e. The van der Waals surface area contributed by atoms with E-state index >= 15 is 0 Å². The average molecular weight is 240 g/mol. The Labute approximate surface area is 96.0 Å². The lowest BCUT2D eigenvalue weighted by Gasteiger charge is -2.26. The highest BCUT2D eigenvalue weighted by atomic mass is 32.2. The molecule has 88 valence electrons. The van der Waals surface area contributed by atoms with Crippen molar-refractivity contribution in [2.45, 2.75) is 42.4 Å². The molecular formula is C12H16O3S. The first kappa shape index (κ1) is 11.6. The number of hydrogen-bond acceptors (Lipinski definition) is 3. The number of benzene rings is 1. The van der Waals surface area contributed by atoms with Gasteiger partial charge in [0.25, 0.3) is 0 Å². The summed E-state index contributed by atoms with van der Waals surface area (Å²) in [5, 5.41) is 9.33. The van der Waals surface area contributed by atoms with Gasteiger partial charge in [-0.1, -0.05) is 24.6 Å². The molecule has 0 saturated heterocycles. The van der Waals surface area contributed by atoms with E-state index in [2.05, 4.69) is 0 Å². The SMILES string of the molecule is CC(O)c1ccccc1S(=O)(=O)C1CCC1. The third-order valence-corrected chi connectivity index (χ3v) is 5.50. The van der Waals surface area contributed by atoms with Gasteiger partial charge in [0.05, 0.1) is 16.2 Å². The van der Waals surface area contributed by atoms with Gasteiger partial charge >= 0.3 is 0 Å². The van der Waals surface area contributed by atoms with Gasteiger partial charge in [0.15, 0.2) is 9.84 Å². The van der Waals surface area contributed by atoms with Crippen LogP contribution in [0.3, 0.4) is 0 Å². The van der Waals surface area contributed by atoms with Crippen LogP contribution in [0.25, 0.3) is 0 Å². The van der Waals surface area contributed by atoms with Gasteiger partial charge in [-0.2, -0.15) is 0 Å². The molecule has 0 radical (unpaired) electrons. The molecule has 1 fully saturated rings. The van der Waals surface area contributed by atoms with Crippen LogP contribution < -0.4 is 0 Å². The summed E-state index contributed by atoms with van der Waals surface area (Å²) in [6, 6.07) is 6.73. The van der Waals surface area contributed by atoms with E-state index < -0.39 is 15.9 Å². The van der Waals surface area contributed by atoms with E-state index in [-0.39, 0.29) is 5.25 Å². The minimum absolute atomic E-state index is 0.243. The van der Waals surface area contributed by atoms with E-state index in [1.807, 2.05) is 0 Å². The summed E-state index contributed by atoms with van der Waals surface area (Å²) >= 11 is 0. The smallest absolute Gasteiger partial charge is 0.181 e. The Morgan fingerprint density at radius 1 is 1.31 bits per heavy atom. The molecule has 0 bridgehead atoms. The maximum atomic E-state index is 12.2. The highest BCUT2D eigenvalue weighted by Crippen LogP contribution is 2.33. The molecule has 1 atom stereocenters. The van der Waals surface area contributed by atoms with Crippen LogP contribution in [0.1, 0.15) is 37.9 Å². The molecular weight excluding hydrogens is 224 g/mol. The largest absolute Gasteiger partial charge is 0.389 e. The van der Waals surface area contributed by atoms with E-state index in [0.29, 0.717) is 10.5 Å². The number of aliphatic hydroxyl groups is 1. The molecule has 16 heavy (non-hydrogen) atoms. The Hall–Kier alpha value is -0.870. The van der Waals surface area contributed by atoms with Crippen molar-refractivity contribution in [3.8, 4) is 0 Å². The average Bonchev–Trinajstić information content (AvgIpc) is 2.14. The van der Waals surface area contributed by atoms with E-state index in [9.17, 15) is 13.5 Å². The molecule has 0 amide bonds. The lowest BCUT2D eigenvalue weighted by atomic mass is 10.00. The van der Waals surface area contributed by atoms with Crippen LogP contribution in [0, 0.1) is 0 Å². The Kier molecular flexibility index (Phi) is 3.04. The zero-order valence-electron chi connectivity index (χ0n) is 9.26. The van der Waals surface area contributed by atoms with E-state index in [0.717, 1.165) is 19.3 Å². The molecule has 0 aromatic heterocycles. The van der Waals surface area contributed by atoms with Gasteiger partial charge in [0.1, 0.15) is 0 Å². The molecule has 0 spiro atoms. The van der Waals surface area contributed by atoms with Crippen molar-refractivity contribution in [2.75, 3.05) is 0 Å². The Balaban J connectivity index is 2.47. The summed E-state index contributed by atoms with van der Waals surface area (Å²) in [7, 11) is -3.24. The van der Waals surface area contributed by atoms with Gasteiger partial charge in [0, 0.05) is 0 Å². The molecule has 0 heterocycles. The first-order valence-corrected chi connectivity index (χ1v) is 7.09. The van der Waals surface area contributed by atoms with Gasteiger partial charge in [-0.05, 0) is 31.4 Å². The second-order valence-corrected chi connectivity index (χ2v) is 6.51. The van der Waals surface area contributed by atoms with Crippen molar-refractivity contribution in [2.24, 2.45) is 0 Å². The quantitative estimate of drug-likeness (QED) is 0.880. The molecule has 0 aliphatic heterocycles. The van der Waals surface area contributed by atoms with Crippen LogP contribution in [-0.4, -0.2) is 18.8 Å². The topological polar surface area (TPSA) is 54.4 Å². The van der Waals surface area contributed by atoms with Gasteiger partial charge in [-0.3, -0.25) is 0 Å². The third kappa shape index (κ3) is 1.87. The highest BCUT2D eigenvalue weighted by Gasteiger charge is 2.34. The van der Waals surface area contributed by atoms with Gasteiger partial charge in [-0.25, -0.2) is 8.42 Å². The summed E-state index contributed by atoms with van der Waals surface area (Å²) in [4.78, 5) is 0.301. The first-order valence-electron chi connectivity index (χ1n) is 5.54. The summed E-state index contributed by atoms with van der Waals surface area (Å²) < 4.78 is 24.5. The van der Waals surface area contributed by atoms with Crippen molar-refractivity contribution in [3.05, 3.63) is 29.8 Å². The fraction of sp³-hybridized carbons (Fsp3) is 0.500. The van der Waals surface area contributed by atoms with Crippen LogP contribution in [0.5, 0.6) is 0 Å². The van der Waals surface area contributed by atoms with Crippen molar-refractivity contribution in [1.29, 1.82) is 0 Å². The minimum atomic E-state index is -3.24. The molecule has 3 nitrogen and oxygen atoms in total. The van der Waals surface area contributed by atoms with Crippen molar-refractivity contribution >= 4 is 9.84 Å². The molecule has 1 saturated carbocycles. The van der Waals surface area contributed by atoms with Crippen molar-refractivity contribution in [3.63, 3.8) is 0 Å². The molecule has 1 aromatic rings. The molecule has 1 aromatic carbocycles. The fourth-order valence-corrected chi connectivity index (χ4v) is 4.09. The summed E-state index contributed by atoms with van der Waals surface area (Å²) in [6.07, 6.45) is 1.74. The van der Waals surface area contributed by atoms with Gasteiger partial charge in [-0.15, -0.1) is 0 Å². The highest BCUT2D eigenvalue weighted by molar-refractivity contribution is 7.92. The van der Waals surface area contributed by atoms with Crippen LogP contribution in [0.2, 0.25) is 0 Å². The second-order valence-electron chi connectivity index (χ2n) is 4.31. The first-order chi connectivity index (χ1) is 7.53. The number of rotatable bonds is 3. The summed E-state index contributed by atoms with van der Waals surface area (Å²) in [5.41, 5.74) is 0.509. The molecule has 1 unspecified atom stereocenters. The second kappa shape index (κ2) is 4.18. The normalized spacial score (nSPS) is 19.1. The Morgan fingerprint density at radius 3 is 2.44 bits per heavy atom. The fourth-order valence-electron chi connectivity index (χ4n) is 1.95. The Morgan fingerprint density at radius 2 is 1.94 bits per heavy atom. The summed E-state index contributed by atoms with van der Waals surface area (Å²) in [6.45, 7) is 1.59. The molecule has 1 aliphatic rings. The monoisotopic (exact) mass is 240 g/mol. The van der Waals surface area contributed by atoms with Crippen LogP contribution in [0.4, 0.5) is 0 Å². The maximum absolute atomic E-state index is 12.2. The van der Waals surface area contributed by atoms with Crippen LogP contribution >= 0.6 is 0 Å². The molecule has 2 rings (SSSR count). The number of hydrogen-bond donors (Lipinski definition) is 1. The van der Waals surface area contributed by atoms with Crippen molar-refractivity contribution in [1.82, 2.24) is 0 Å². The third-order valence-electron chi connectivity index (χ3n) is 3.17. The lowest BCUT2D eigenvalue weighted by Crippen LogP contribution is -2.29. The van der Waals surface area contributed by atoms with E-state index in [4.69, 9.17) is 0 Å². The molecule has 4 heteroatoms. The number of sulfone groups is 1. The van der Waals surface area contributed by atoms with E-state index in [1.54, 1.807) is 31.2 Å². The van der Waals surface area contributed by atoms with Gasteiger partial charge in [0.2, 0.25) is 0 Å². The zero-order chi connectivity index (χ0) is 11.8. The standard InChI is InChI=1S/C12H16O3S/c1-9(13)11-7-2-3-8-12(11)16(14,15)10-5-4-6-10/h2-3,7-10,13H,4-6H2,1H3. The predicted molar refractivity (Wildman–Crippen MR) is 61.9 cm³/mol. The van der Waals surface area contributed by atoms with Crippen molar-refractivity contribution < 1.29 is 13.5 Å². The zero-order valence-corrected chi connectivity index (χ0v) is 10.1. The molecule has 1 aliphatic carbocycles. The predicted octanol–water partition coefficient (Wildman–Crippen LogP) is 2.07. The van der Waals surface area contributed by atoms with Crippen LogP contribution in [-0.2, 0) is 9.84 Å². The number of aliphatic hydroxyl groups excluding tert-OH is 1. The Bertz CT molecular complexity index is 473. The molecule has 1 N–H and O–H groups in total. The lowest BCUT2D eigenvalue weighted by molar-refractivity contribution is 0.196. The van der Waals surface area contributed by atoms with Crippen LogP contribution in [0.15, 0.2) is 29.2 Å². The van der Waals surface area contributed by atoms with E-state index in [1.165, 1.54) is 0 Å². The summed E-state index contributed by atoms with van der Waals surface area (Å²) in [5.74, 6) is 0.